The molecular formula is C24H32N4O6. The number of amides is 1. The zero-order valence-electron chi connectivity index (χ0n) is 19.9. The third-order valence-corrected chi connectivity index (χ3v) is 6.72. The van der Waals surface area contributed by atoms with Crippen molar-refractivity contribution in [2.75, 3.05) is 20.3 Å². The van der Waals surface area contributed by atoms with Crippen molar-refractivity contribution >= 4 is 12.1 Å². The van der Waals surface area contributed by atoms with Gasteiger partial charge >= 0.3 is 12.1 Å². The average molecular weight is 473 g/mol. The number of likely N-dealkylation sites (N-methyl/N-ethyl adjacent to an activating group) is 1. The van der Waals surface area contributed by atoms with Crippen LogP contribution >= 0.6 is 0 Å². The zero-order valence-corrected chi connectivity index (χ0v) is 19.9. The van der Waals surface area contributed by atoms with E-state index in [0.29, 0.717) is 43.2 Å². The summed E-state index contributed by atoms with van der Waals surface area (Å²) in [6.45, 7) is 3.11. The Morgan fingerprint density at radius 1 is 1.29 bits per heavy atom. The molecule has 2 fully saturated rings. The number of carboxylic acid groups (broad SMARTS) is 1. The molecule has 34 heavy (non-hydrogen) atoms. The lowest BCUT2D eigenvalue weighted by Crippen LogP contribution is -2.37. The summed E-state index contributed by atoms with van der Waals surface area (Å²) in [5, 5.41) is 13.6. The Bertz CT molecular complexity index is 1030. The first kappa shape index (κ1) is 24.0. The van der Waals surface area contributed by atoms with Crippen LogP contribution in [0.1, 0.15) is 43.5 Å². The van der Waals surface area contributed by atoms with E-state index in [2.05, 4.69) is 5.10 Å². The second-order valence-corrected chi connectivity index (χ2v) is 9.03. The maximum absolute atomic E-state index is 12.5. The molecule has 1 aliphatic heterocycles. The number of carbonyl (C=O) groups is 2. The van der Waals surface area contributed by atoms with E-state index in [0.717, 1.165) is 30.5 Å². The summed E-state index contributed by atoms with van der Waals surface area (Å²) in [6, 6.07) is 3.74. The van der Waals surface area contributed by atoms with Crippen molar-refractivity contribution in [3.05, 3.63) is 29.7 Å². The number of hydrogen-bond acceptors (Lipinski definition) is 7. The van der Waals surface area contributed by atoms with Gasteiger partial charge in [-0.05, 0) is 51.2 Å². The van der Waals surface area contributed by atoms with Gasteiger partial charge in [-0.15, -0.1) is 0 Å². The van der Waals surface area contributed by atoms with Gasteiger partial charge in [-0.1, -0.05) is 0 Å². The van der Waals surface area contributed by atoms with Crippen LogP contribution in [0.4, 0.5) is 4.79 Å². The summed E-state index contributed by atoms with van der Waals surface area (Å²) in [6.07, 6.45) is 4.87. The Morgan fingerprint density at radius 2 is 2.12 bits per heavy atom. The maximum Gasteiger partial charge on any atom is 0.410 e. The molecule has 1 saturated heterocycles. The molecule has 0 radical (unpaired) electrons. The molecule has 2 aliphatic rings. The summed E-state index contributed by atoms with van der Waals surface area (Å²) in [7, 11) is 3.52. The van der Waals surface area contributed by atoms with Gasteiger partial charge in [0.2, 0.25) is 0 Å². The summed E-state index contributed by atoms with van der Waals surface area (Å²) >= 11 is 0. The Balaban J connectivity index is 1.43. The van der Waals surface area contributed by atoms with E-state index in [-0.39, 0.29) is 24.7 Å². The minimum atomic E-state index is -0.758. The third-order valence-electron chi connectivity index (χ3n) is 6.72. The smallest absolute Gasteiger partial charge is 0.410 e. The molecule has 1 unspecified atom stereocenters. The van der Waals surface area contributed by atoms with Gasteiger partial charge in [-0.25, -0.2) is 9.78 Å². The zero-order chi connectivity index (χ0) is 24.2. The highest BCUT2D eigenvalue weighted by Crippen LogP contribution is 2.31. The summed E-state index contributed by atoms with van der Waals surface area (Å²) in [5.74, 6) is -0.463. The molecule has 0 bridgehead atoms. The molecule has 184 valence electrons. The third kappa shape index (κ3) is 5.32. The first-order valence-corrected chi connectivity index (χ1v) is 11.7. The Hall–Kier alpha value is -3.14. The normalized spacial score (nSPS) is 22.4. The summed E-state index contributed by atoms with van der Waals surface area (Å²) in [4.78, 5) is 30.1. The molecule has 0 aromatic carbocycles. The monoisotopic (exact) mass is 472 g/mol. The van der Waals surface area contributed by atoms with Crippen LogP contribution in [-0.2, 0) is 27.9 Å². The minimum absolute atomic E-state index is 0.0327. The number of carboxylic acids is 1. The van der Waals surface area contributed by atoms with Gasteiger partial charge in [0.15, 0.2) is 0 Å². The molecule has 1 aliphatic carbocycles. The van der Waals surface area contributed by atoms with Gasteiger partial charge < -0.3 is 24.2 Å². The molecule has 2 aromatic rings. The largest absolute Gasteiger partial charge is 0.489 e. The number of hydrogen-bond donors (Lipinski definition) is 1. The van der Waals surface area contributed by atoms with Crippen LogP contribution in [-0.4, -0.2) is 69.2 Å². The predicted octanol–water partition coefficient (Wildman–Crippen LogP) is 3.17. The predicted molar refractivity (Wildman–Crippen MR) is 122 cm³/mol. The fraction of sp³-hybridized carbons (Fsp3) is 0.583. The van der Waals surface area contributed by atoms with E-state index in [1.807, 2.05) is 19.1 Å². The average Bonchev–Trinajstić information content (AvgIpc) is 3.48. The van der Waals surface area contributed by atoms with Crippen molar-refractivity contribution in [2.24, 2.45) is 13.0 Å². The minimum Gasteiger partial charge on any atom is -0.489 e. The lowest BCUT2D eigenvalue weighted by molar-refractivity contribution is -0.143. The SMILES string of the molecule is Cc1nc(-c2cnn(C)c2COC(=O)N(C)C2CCOC2)ccc1O[C@H]1CCC[C@H](C(=O)O)C1. The second-order valence-electron chi connectivity index (χ2n) is 9.03. The lowest BCUT2D eigenvalue weighted by atomic mass is 9.87. The molecule has 0 spiro atoms. The number of nitrogens with zero attached hydrogens (tertiary/aromatic N) is 4. The molecule has 3 heterocycles. The van der Waals surface area contributed by atoms with E-state index >= 15 is 0 Å². The molecule has 10 heteroatoms. The summed E-state index contributed by atoms with van der Waals surface area (Å²) in [5.41, 5.74) is 2.93. The van der Waals surface area contributed by atoms with Crippen LogP contribution in [0.2, 0.25) is 0 Å². The molecule has 1 amide bonds. The van der Waals surface area contributed by atoms with E-state index in [1.54, 1.807) is 29.9 Å². The van der Waals surface area contributed by atoms with Crippen LogP contribution in [0.15, 0.2) is 18.3 Å². The van der Waals surface area contributed by atoms with Crippen molar-refractivity contribution < 1.29 is 28.9 Å². The van der Waals surface area contributed by atoms with Gasteiger partial charge in [0.1, 0.15) is 12.4 Å². The van der Waals surface area contributed by atoms with Crippen LogP contribution < -0.4 is 4.74 Å². The van der Waals surface area contributed by atoms with Crippen molar-refractivity contribution in [3.8, 4) is 17.0 Å². The molecule has 4 rings (SSSR count). The van der Waals surface area contributed by atoms with E-state index in [1.165, 1.54) is 0 Å². The second kappa shape index (κ2) is 10.4. The molecule has 1 saturated carbocycles. The highest BCUT2D eigenvalue weighted by atomic mass is 16.6. The van der Waals surface area contributed by atoms with Gasteiger partial charge in [0.25, 0.3) is 0 Å². The van der Waals surface area contributed by atoms with E-state index in [9.17, 15) is 14.7 Å². The van der Waals surface area contributed by atoms with Gasteiger partial charge in [0.05, 0.1) is 47.9 Å². The number of aliphatic carboxylic acids is 1. The number of aromatic nitrogens is 3. The van der Waals surface area contributed by atoms with Crippen LogP contribution in [0.25, 0.3) is 11.3 Å². The highest BCUT2D eigenvalue weighted by molar-refractivity contribution is 5.70. The number of pyridine rings is 1. The first-order valence-electron chi connectivity index (χ1n) is 11.7. The molecule has 2 aromatic heterocycles. The number of aryl methyl sites for hydroxylation is 2. The maximum atomic E-state index is 12.5. The topological polar surface area (TPSA) is 116 Å². The Labute approximate surface area is 198 Å². The number of carbonyl (C=O) groups excluding carboxylic acids is 1. The van der Waals surface area contributed by atoms with Crippen LogP contribution in [0.3, 0.4) is 0 Å². The van der Waals surface area contributed by atoms with Crippen molar-refractivity contribution in [1.29, 1.82) is 0 Å². The molecule has 3 atom stereocenters. The fourth-order valence-electron chi connectivity index (χ4n) is 4.54. The van der Waals surface area contributed by atoms with Crippen LogP contribution in [0.5, 0.6) is 5.75 Å². The fourth-order valence-corrected chi connectivity index (χ4v) is 4.54. The van der Waals surface area contributed by atoms with E-state index in [4.69, 9.17) is 19.2 Å². The van der Waals surface area contributed by atoms with Crippen molar-refractivity contribution in [2.45, 2.75) is 57.8 Å². The van der Waals surface area contributed by atoms with E-state index < -0.39 is 12.1 Å². The van der Waals surface area contributed by atoms with Gasteiger partial charge in [-0.2, -0.15) is 5.10 Å². The Kier molecular flexibility index (Phi) is 7.35. The highest BCUT2D eigenvalue weighted by Gasteiger charge is 2.29. The van der Waals surface area contributed by atoms with Crippen molar-refractivity contribution in [3.63, 3.8) is 0 Å². The lowest BCUT2D eigenvalue weighted by Gasteiger charge is -2.27. The quantitative estimate of drug-likeness (QED) is 0.653. The summed E-state index contributed by atoms with van der Waals surface area (Å²) < 4.78 is 18.7. The van der Waals surface area contributed by atoms with Crippen molar-refractivity contribution in [1.82, 2.24) is 19.7 Å². The first-order chi connectivity index (χ1) is 16.3. The molecule has 10 nitrogen and oxygen atoms in total. The van der Waals surface area contributed by atoms with Crippen LogP contribution in [0, 0.1) is 12.8 Å². The molecular weight excluding hydrogens is 440 g/mol. The number of rotatable bonds is 7. The number of ether oxygens (including phenoxy) is 3. The van der Waals surface area contributed by atoms with Gasteiger partial charge in [-0.3, -0.25) is 9.48 Å². The Morgan fingerprint density at radius 3 is 2.82 bits per heavy atom. The standard InChI is InChI=1S/C24H32N4O6/c1-15-22(34-18-6-4-5-16(11-18)23(29)30)8-7-20(26-15)19-12-25-28(3)21(19)14-33-24(31)27(2)17-9-10-32-13-17/h7-8,12,16-18H,4-6,9-11,13-14H2,1-3H3,(H,29,30)/t16-,17?,18-/m0/s1. The van der Waals surface area contributed by atoms with Gasteiger partial charge in [0, 0.05) is 26.3 Å². The molecule has 1 N–H and O–H groups in total.